The minimum atomic E-state index is -0.349. The number of ether oxygens (including phenoxy) is 3. The molecule has 114 valence electrons. The third-order valence-electron chi connectivity index (χ3n) is 3.15. The molecule has 1 fully saturated rings. The predicted molar refractivity (Wildman–Crippen MR) is 75.3 cm³/mol. The maximum Gasteiger partial charge on any atom is 0.104 e. The first-order chi connectivity index (χ1) is 8.60. The molecule has 0 aromatic carbocycles. The second kappa shape index (κ2) is 6.53. The standard InChI is InChI=1S/C15H30O4/c1-11(16)7-15(5,6)19-12(2)8-14(3,4)18-10-13-9-17-13/h11-13,16H,7-10H2,1-6H3. The van der Waals surface area contributed by atoms with E-state index in [0.717, 1.165) is 13.0 Å². The van der Waals surface area contributed by atoms with Crippen LogP contribution in [0.2, 0.25) is 0 Å². The molecular formula is C15H30O4. The molecule has 3 unspecified atom stereocenters. The number of hydrogen-bond donors (Lipinski definition) is 1. The van der Waals surface area contributed by atoms with Crippen LogP contribution in [0.3, 0.4) is 0 Å². The van der Waals surface area contributed by atoms with Gasteiger partial charge in [0.25, 0.3) is 0 Å². The maximum atomic E-state index is 9.47. The maximum absolute atomic E-state index is 9.47. The Hall–Kier alpha value is -0.160. The van der Waals surface area contributed by atoms with Crippen LogP contribution in [-0.2, 0) is 14.2 Å². The largest absolute Gasteiger partial charge is 0.393 e. The van der Waals surface area contributed by atoms with Crippen molar-refractivity contribution < 1.29 is 19.3 Å². The van der Waals surface area contributed by atoms with Crippen LogP contribution >= 0.6 is 0 Å². The van der Waals surface area contributed by atoms with Gasteiger partial charge in [0.15, 0.2) is 0 Å². The molecule has 3 atom stereocenters. The third kappa shape index (κ3) is 7.88. The van der Waals surface area contributed by atoms with Crippen LogP contribution in [-0.4, -0.2) is 47.8 Å². The van der Waals surface area contributed by atoms with Gasteiger partial charge >= 0.3 is 0 Å². The molecular weight excluding hydrogens is 244 g/mol. The van der Waals surface area contributed by atoms with E-state index in [1.54, 1.807) is 6.92 Å². The lowest BCUT2D eigenvalue weighted by Gasteiger charge is -2.34. The van der Waals surface area contributed by atoms with Gasteiger partial charge in [-0.3, -0.25) is 0 Å². The molecule has 4 heteroatoms. The average molecular weight is 274 g/mol. The Morgan fingerprint density at radius 3 is 2.21 bits per heavy atom. The van der Waals surface area contributed by atoms with E-state index in [1.807, 2.05) is 13.8 Å². The van der Waals surface area contributed by atoms with Crippen molar-refractivity contribution in [3.63, 3.8) is 0 Å². The number of epoxide rings is 1. The van der Waals surface area contributed by atoms with Gasteiger partial charge in [-0.1, -0.05) is 0 Å². The van der Waals surface area contributed by atoms with Gasteiger partial charge in [-0.2, -0.15) is 0 Å². The van der Waals surface area contributed by atoms with Crippen LogP contribution in [0.25, 0.3) is 0 Å². The molecule has 1 rings (SSSR count). The van der Waals surface area contributed by atoms with Gasteiger partial charge in [-0.15, -0.1) is 0 Å². The fourth-order valence-electron chi connectivity index (χ4n) is 2.58. The summed E-state index contributed by atoms with van der Waals surface area (Å²) < 4.78 is 17.1. The van der Waals surface area contributed by atoms with Crippen molar-refractivity contribution in [2.24, 2.45) is 0 Å². The SMILES string of the molecule is CC(O)CC(C)(C)OC(C)CC(C)(C)OCC1CO1. The molecule has 1 saturated heterocycles. The Morgan fingerprint density at radius 1 is 1.16 bits per heavy atom. The lowest BCUT2D eigenvalue weighted by molar-refractivity contribution is -0.120. The van der Waals surface area contributed by atoms with Gasteiger partial charge in [0.2, 0.25) is 0 Å². The Bertz CT molecular complexity index is 269. The third-order valence-corrected chi connectivity index (χ3v) is 3.15. The van der Waals surface area contributed by atoms with Gasteiger partial charge in [0, 0.05) is 12.8 Å². The Morgan fingerprint density at radius 2 is 1.74 bits per heavy atom. The molecule has 1 aliphatic rings. The highest BCUT2D eigenvalue weighted by atomic mass is 16.6. The molecule has 0 radical (unpaired) electrons. The molecule has 1 aliphatic heterocycles. The molecule has 0 bridgehead atoms. The summed E-state index contributed by atoms with van der Waals surface area (Å²) in [6.07, 6.45) is 1.49. The summed E-state index contributed by atoms with van der Waals surface area (Å²) in [6, 6.07) is 0. The monoisotopic (exact) mass is 274 g/mol. The smallest absolute Gasteiger partial charge is 0.104 e. The van der Waals surface area contributed by atoms with Crippen LogP contribution in [0.4, 0.5) is 0 Å². The second-order valence-electron chi connectivity index (χ2n) is 6.97. The van der Waals surface area contributed by atoms with E-state index in [2.05, 4.69) is 20.8 Å². The molecule has 4 nitrogen and oxygen atoms in total. The van der Waals surface area contributed by atoms with Gasteiger partial charge in [-0.25, -0.2) is 0 Å². The number of aliphatic hydroxyl groups excluding tert-OH is 1. The lowest BCUT2D eigenvalue weighted by Crippen LogP contribution is -2.37. The molecule has 0 amide bonds. The molecule has 0 spiro atoms. The van der Waals surface area contributed by atoms with Crippen LogP contribution in [0.5, 0.6) is 0 Å². The summed E-state index contributed by atoms with van der Waals surface area (Å²) in [5, 5.41) is 9.47. The Kier molecular flexibility index (Phi) is 5.80. The van der Waals surface area contributed by atoms with E-state index in [0.29, 0.717) is 19.1 Å². The van der Waals surface area contributed by atoms with Crippen molar-refractivity contribution in [3.8, 4) is 0 Å². The van der Waals surface area contributed by atoms with Crippen LogP contribution in [0, 0.1) is 0 Å². The van der Waals surface area contributed by atoms with Crippen molar-refractivity contribution in [1.29, 1.82) is 0 Å². The fourth-order valence-corrected chi connectivity index (χ4v) is 2.58. The highest BCUT2D eigenvalue weighted by Crippen LogP contribution is 2.26. The zero-order chi connectivity index (χ0) is 14.7. The topological polar surface area (TPSA) is 51.2 Å². The minimum absolute atomic E-state index is 0.0869. The lowest BCUT2D eigenvalue weighted by atomic mass is 9.98. The van der Waals surface area contributed by atoms with Crippen molar-refractivity contribution in [2.75, 3.05) is 13.2 Å². The zero-order valence-electron chi connectivity index (χ0n) is 13.2. The normalized spacial score (nSPS) is 23.2. The summed E-state index contributed by atoms with van der Waals surface area (Å²) in [5.74, 6) is 0. The zero-order valence-corrected chi connectivity index (χ0v) is 13.2. The molecule has 0 aromatic rings. The fraction of sp³-hybridized carbons (Fsp3) is 1.00. The average Bonchev–Trinajstić information content (AvgIpc) is 2.92. The Labute approximate surface area is 117 Å². The summed E-state index contributed by atoms with van der Waals surface area (Å²) in [7, 11) is 0. The van der Waals surface area contributed by atoms with Gasteiger partial charge in [0.05, 0.1) is 36.6 Å². The quantitative estimate of drug-likeness (QED) is 0.656. The minimum Gasteiger partial charge on any atom is -0.393 e. The van der Waals surface area contributed by atoms with Crippen molar-refractivity contribution in [1.82, 2.24) is 0 Å². The van der Waals surface area contributed by atoms with Crippen LogP contribution in [0.15, 0.2) is 0 Å². The summed E-state index contributed by atoms with van der Waals surface area (Å²) in [6.45, 7) is 13.5. The first kappa shape index (κ1) is 16.9. The molecule has 0 aromatic heterocycles. The Balaban J connectivity index is 2.32. The second-order valence-corrected chi connectivity index (χ2v) is 6.97. The van der Waals surface area contributed by atoms with Gasteiger partial charge < -0.3 is 19.3 Å². The predicted octanol–water partition coefficient (Wildman–Crippen LogP) is 2.53. The van der Waals surface area contributed by atoms with E-state index in [4.69, 9.17) is 14.2 Å². The number of aliphatic hydroxyl groups is 1. The van der Waals surface area contributed by atoms with Crippen molar-refractivity contribution in [2.45, 2.75) is 83.9 Å². The summed E-state index contributed by atoms with van der Waals surface area (Å²) in [4.78, 5) is 0. The van der Waals surface area contributed by atoms with E-state index in [-0.39, 0.29) is 23.4 Å². The van der Waals surface area contributed by atoms with E-state index in [9.17, 15) is 5.11 Å². The highest BCUT2D eigenvalue weighted by Gasteiger charge is 2.31. The van der Waals surface area contributed by atoms with Crippen molar-refractivity contribution >= 4 is 0 Å². The molecule has 1 N–H and O–H groups in total. The summed E-state index contributed by atoms with van der Waals surface area (Å²) >= 11 is 0. The molecule has 0 aliphatic carbocycles. The summed E-state index contributed by atoms with van der Waals surface area (Å²) in [5.41, 5.74) is -0.532. The van der Waals surface area contributed by atoms with Crippen molar-refractivity contribution in [3.05, 3.63) is 0 Å². The van der Waals surface area contributed by atoms with Gasteiger partial charge in [-0.05, 0) is 41.5 Å². The highest BCUT2D eigenvalue weighted by molar-refractivity contribution is 4.79. The van der Waals surface area contributed by atoms with Crippen LogP contribution in [0.1, 0.15) is 54.4 Å². The molecule has 0 saturated carbocycles. The number of rotatable bonds is 9. The first-order valence-electron chi connectivity index (χ1n) is 7.21. The van der Waals surface area contributed by atoms with E-state index in [1.165, 1.54) is 0 Å². The van der Waals surface area contributed by atoms with Gasteiger partial charge in [0.1, 0.15) is 6.10 Å². The molecule has 19 heavy (non-hydrogen) atoms. The molecule has 1 heterocycles. The van der Waals surface area contributed by atoms with E-state index >= 15 is 0 Å². The number of hydrogen-bond acceptors (Lipinski definition) is 4. The van der Waals surface area contributed by atoms with E-state index < -0.39 is 0 Å². The first-order valence-corrected chi connectivity index (χ1v) is 7.21. The van der Waals surface area contributed by atoms with Crippen LogP contribution < -0.4 is 0 Å².